The number of ether oxygens (including phenoxy) is 1. The number of nitrogens with one attached hydrogen (secondary N) is 1. The Morgan fingerprint density at radius 1 is 1.26 bits per heavy atom. The second kappa shape index (κ2) is 8.06. The van der Waals surface area contributed by atoms with Gasteiger partial charge in [0.25, 0.3) is 0 Å². The van der Waals surface area contributed by atoms with Crippen LogP contribution in [0.4, 0.5) is 16.5 Å². The van der Waals surface area contributed by atoms with Gasteiger partial charge in [0.1, 0.15) is 0 Å². The zero-order chi connectivity index (χ0) is 18.6. The first kappa shape index (κ1) is 17.9. The fourth-order valence-electron chi connectivity index (χ4n) is 3.32. The van der Waals surface area contributed by atoms with Crippen LogP contribution in [0.2, 0.25) is 0 Å². The third-order valence-electron chi connectivity index (χ3n) is 4.69. The second-order valence-electron chi connectivity index (χ2n) is 6.65. The van der Waals surface area contributed by atoms with Crippen molar-refractivity contribution in [2.75, 3.05) is 48.0 Å². The molecule has 2 fully saturated rings. The number of aromatic nitrogens is 1. The van der Waals surface area contributed by atoms with Crippen molar-refractivity contribution in [1.82, 2.24) is 4.98 Å². The molecule has 0 saturated carbocycles. The smallest absolute Gasteiger partial charge is 0.230 e. The lowest BCUT2D eigenvalue weighted by atomic mass is 10.2. The summed E-state index contributed by atoms with van der Waals surface area (Å²) in [4.78, 5) is 32.6. The zero-order valence-electron chi connectivity index (χ0n) is 15.0. The number of thiazole rings is 1. The predicted molar refractivity (Wildman–Crippen MR) is 106 cm³/mol. The lowest BCUT2D eigenvalue weighted by Crippen LogP contribution is -2.36. The molecule has 0 bridgehead atoms. The molecule has 4 rings (SSSR count). The van der Waals surface area contributed by atoms with E-state index in [2.05, 4.69) is 15.2 Å². The van der Waals surface area contributed by atoms with Gasteiger partial charge < -0.3 is 15.0 Å². The first-order chi connectivity index (χ1) is 13.2. The number of nitrogens with zero attached hydrogens (tertiary/aromatic N) is 3. The Morgan fingerprint density at radius 3 is 2.89 bits per heavy atom. The normalized spacial score (nSPS) is 17.4. The summed E-state index contributed by atoms with van der Waals surface area (Å²) in [5.41, 5.74) is 2.55. The number of morpholine rings is 1. The van der Waals surface area contributed by atoms with Gasteiger partial charge in [-0.15, -0.1) is 11.3 Å². The van der Waals surface area contributed by atoms with E-state index >= 15 is 0 Å². The fourth-order valence-corrected chi connectivity index (χ4v) is 4.19. The molecule has 2 aliphatic heterocycles. The molecule has 1 N–H and O–H groups in total. The van der Waals surface area contributed by atoms with E-state index in [0.717, 1.165) is 44.1 Å². The van der Waals surface area contributed by atoms with Crippen LogP contribution in [0.15, 0.2) is 29.6 Å². The van der Waals surface area contributed by atoms with Gasteiger partial charge in [0.15, 0.2) is 5.13 Å². The molecular formula is C19H22N4O3S. The van der Waals surface area contributed by atoms with Crippen molar-refractivity contribution >= 4 is 39.7 Å². The lowest BCUT2D eigenvalue weighted by molar-refractivity contribution is -0.117. The van der Waals surface area contributed by atoms with Gasteiger partial charge in [0.05, 0.1) is 25.3 Å². The van der Waals surface area contributed by atoms with E-state index in [1.165, 1.54) is 11.3 Å². The molecule has 0 aliphatic carbocycles. The van der Waals surface area contributed by atoms with Crippen molar-refractivity contribution in [3.8, 4) is 0 Å². The van der Waals surface area contributed by atoms with Crippen molar-refractivity contribution in [3.05, 3.63) is 35.3 Å². The molecule has 3 heterocycles. The Bertz CT molecular complexity index is 832. The summed E-state index contributed by atoms with van der Waals surface area (Å²) < 4.78 is 5.39. The van der Waals surface area contributed by atoms with Crippen molar-refractivity contribution in [2.24, 2.45) is 0 Å². The van der Waals surface area contributed by atoms with Crippen molar-refractivity contribution < 1.29 is 14.3 Å². The number of carbonyl (C=O) groups excluding carboxylic acids is 2. The van der Waals surface area contributed by atoms with Crippen LogP contribution >= 0.6 is 11.3 Å². The average molecular weight is 386 g/mol. The highest BCUT2D eigenvalue weighted by molar-refractivity contribution is 7.14. The number of carbonyl (C=O) groups is 2. The highest BCUT2D eigenvalue weighted by Gasteiger charge is 2.24. The highest BCUT2D eigenvalue weighted by Crippen LogP contribution is 2.26. The number of amides is 2. The number of benzene rings is 1. The van der Waals surface area contributed by atoms with E-state index in [4.69, 9.17) is 4.74 Å². The minimum absolute atomic E-state index is 0.111. The van der Waals surface area contributed by atoms with Gasteiger partial charge in [-0.2, -0.15) is 0 Å². The topological polar surface area (TPSA) is 74.8 Å². The van der Waals surface area contributed by atoms with E-state index in [0.29, 0.717) is 23.8 Å². The van der Waals surface area contributed by atoms with Gasteiger partial charge >= 0.3 is 0 Å². The molecule has 0 radical (unpaired) electrons. The summed E-state index contributed by atoms with van der Waals surface area (Å²) in [7, 11) is 0. The maximum absolute atomic E-state index is 12.4. The van der Waals surface area contributed by atoms with Crippen LogP contribution in [0.25, 0.3) is 0 Å². The Balaban J connectivity index is 1.37. The molecule has 27 heavy (non-hydrogen) atoms. The van der Waals surface area contributed by atoms with E-state index in [-0.39, 0.29) is 18.2 Å². The van der Waals surface area contributed by atoms with Crippen LogP contribution in [0.5, 0.6) is 0 Å². The van der Waals surface area contributed by atoms with Crippen molar-refractivity contribution in [3.63, 3.8) is 0 Å². The quantitative estimate of drug-likeness (QED) is 0.853. The molecular weight excluding hydrogens is 364 g/mol. The summed E-state index contributed by atoms with van der Waals surface area (Å²) in [6.45, 7) is 3.87. The monoisotopic (exact) mass is 386 g/mol. The van der Waals surface area contributed by atoms with Gasteiger partial charge in [-0.25, -0.2) is 4.98 Å². The first-order valence-corrected chi connectivity index (χ1v) is 10.0. The standard InChI is InChI=1S/C19H22N4O3S/c24-17(12-15-13-27-19(21-15)23-6-2-5-18(23)25)20-14-3-1-4-16(11-14)22-7-9-26-10-8-22/h1,3-4,11,13H,2,5-10,12H2,(H,20,24). The SMILES string of the molecule is O=C(Cc1csc(N2CCCC2=O)n1)Nc1cccc(N2CCOCC2)c1. The first-order valence-electron chi connectivity index (χ1n) is 9.16. The van der Waals surface area contributed by atoms with Crippen LogP contribution in [0.3, 0.4) is 0 Å². The average Bonchev–Trinajstić information content (AvgIpc) is 3.31. The molecule has 142 valence electrons. The lowest BCUT2D eigenvalue weighted by Gasteiger charge is -2.29. The molecule has 8 heteroatoms. The fraction of sp³-hybridized carbons (Fsp3) is 0.421. The van der Waals surface area contributed by atoms with Crippen LogP contribution in [0.1, 0.15) is 18.5 Å². The largest absolute Gasteiger partial charge is 0.378 e. The van der Waals surface area contributed by atoms with Crippen LogP contribution in [0, 0.1) is 0 Å². The Kier molecular flexibility index (Phi) is 5.35. The van der Waals surface area contributed by atoms with Gasteiger partial charge in [0, 0.05) is 42.8 Å². The minimum atomic E-state index is -0.112. The number of rotatable bonds is 5. The Labute approximate surface area is 161 Å². The van der Waals surface area contributed by atoms with Crippen LogP contribution in [-0.2, 0) is 20.7 Å². The van der Waals surface area contributed by atoms with E-state index in [1.807, 2.05) is 29.6 Å². The molecule has 0 atom stereocenters. The molecule has 0 spiro atoms. The van der Waals surface area contributed by atoms with E-state index in [9.17, 15) is 9.59 Å². The Morgan fingerprint density at radius 2 is 2.11 bits per heavy atom. The minimum Gasteiger partial charge on any atom is -0.378 e. The van der Waals surface area contributed by atoms with Crippen LogP contribution in [-0.4, -0.2) is 49.6 Å². The maximum atomic E-state index is 12.4. The maximum Gasteiger partial charge on any atom is 0.230 e. The van der Waals surface area contributed by atoms with Crippen molar-refractivity contribution in [1.29, 1.82) is 0 Å². The summed E-state index contributed by atoms with van der Waals surface area (Å²) in [6.07, 6.45) is 1.64. The molecule has 1 aromatic heterocycles. The summed E-state index contributed by atoms with van der Waals surface area (Å²) >= 11 is 1.42. The number of anilines is 3. The third kappa shape index (κ3) is 4.28. The predicted octanol–water partition coefficient (Wildman–Crippen LogP) is 2.29. The number of hydrogen-bond donors (Lipinski definition) is 1. The van der Waals surface area contributed by atoms with E-state index < -0.39 is 0 Å². The molecule has 2 saturated heterocycles. The molecule has 0 unspecified atom stereocenters. The molecule has 7 nitrogen and oxygen atoms in total. The molecule has 1 aromatic carbocycles. The van der Waals surface area contributed by atoms with E-state index in [1.54, 1.807) is 4.90 Å². The summed E-state index contributed by atoms with van der Waals surface area (Å²) in [5, 5.41) is 5.49. The van der Waals surface area contributed by atoms with Crippen molar-refractivity contribution in [2.45, 2.75) is 19.3 Å². The van der Waals surface area contributed by atoms with Gasteiger partial charge in [0.2, 0.25) is 11.8 Å². The molecule has 2 aromatic rings. The zero-order valence-corrected chi connectivity index (χ0v) is 15.8. The van der Waals surface area contributed by atoms with Gasteiger partial charge in [-0.05, 0) is 24.6 Å². The highest BCUT2D eigenvalue weighted by atomic mass is 32.1. The van der Waals surface area contributed by atoms with Gasteiger partial charge in [-0.3, -0.25) is 14.5 Å². The summed E-state index contributed by atoms with van der Waals surface area (Å²) in [5.74, 6) is -0.000921. The van der Waals surface area contributed by atoms with Gasteiger partial charge in [-0.1, -0.05) is 6.07 Å². The third-order valence-corrected chi connectivity index (χ3v) is 5.60. The summed E-state index contributed by atoms with van der Waals surface area (Å²) in [6, 6.07) is 7.86. The second-order valence-corrected chi connectivity index (χ2v) is 7.48. The molecule has 2 amide bonds. The Hall–Kier alpha value is -2.45. The number of hydrogen-bond acceptors (Lipinski definition) is 6. The molecule has 2 aliphatic rings. The van der Waals surface area contributed by atoms with Crippen LogP contribution < -0.4 is 15.1 Å².